The fraction of sp³-hybridized carbons (Fsp3) is 0.692. The molecular weight excluding hydrogens is 248 g/mol. The van der Waals surface area contributed by atoms with Crippen LogP contribution < -0.4 is 0 Å². The van der Waals surface area contributed by atoms with Crippen molar-refractivity contribution in [3.8, 4) is 0 Å². The van der Waals surface area contributed by atoms with Crippen LogP contribution in [0.3, 0.4) is 0 Å². The second-order valence-corrected chi connectivity index (χ2v) is 6.47. The van der Waals surface area contributed by atoms with Gasteiger partial charge in [-0.05, 0) is 46.8 Å². The van der Waals surface area contributed by atoms with Crippen molar-refractivity contribution in [3.05, 3.63) is 16.1 Å². The van der Waals surface area contributed by atoms with Crippen LogP contribution >= 0.6 is 11.3 Å². The predicted octanol–water partition coefficient (Wildman–Crippen LogP) is 2.31. The molecule has 1 N–H and O–H groups in total. The molecule has 0 unspecified atom stereocenters. The average molecular weight is 268 g/mol. The molecule has 0 aliphatic carbocycles. The molecule has 2 heterocycles. The highest BCUT2D eigenvalue weighted by molar-refractivity contribution is 7.09. The minimum absolute atomic E-state index is 0.504. The number of carboxylic acids is 1. The van der Waals surface area contributed by atoms with Crippen molar-refractivity contribution in [3.63, 3.8) is 0 Å². The first kappa shape index (κ1) is 13.5. The summed E-state index contributed by atoms with van der Waals surface area (Å²) in [6.45, 7) is 5.62. The second kappa shape index (κ2) is 4.97. The van der Waals surface area contributed by atoms with Gasteiger partial charge in [-0.1, -0.05) is 0 Å². The van der Waals surface area contributed by atoms with Crippen LogP contribution in [0, 0.1) is 0 Å². The molecule has 18 heavy (non-hydrogen) atoms. The van der Waals surface area contributed by atoms with Crippen LogP contribution in [0.25, 0.3) is 0 Å². The van der Waals surface area contributed by atoms with Gasteiger partial charge in [0.05, 0.1) is 10.7 Å². The van der Waals surface area contributed by atoms with Gasteiger partial charge in [0, 0.05) is 11.3 Å². The Morgan fingerprint density at radius 3 is 2.67 bits per heavy atom. The topological polar surface area (TPSA) is 53.4 Å². The average Bonchev–Trinajstić information content (AvgIpc) is 2.79. The maximum atomic E-state index is 11.2. The van der Waals surface area contributed by atoms with E-state index in [1.54, 1.807) is 25.2 Å². The third-order valence-corrected chi connectivity index (χ3v) is 4.77. The lowest BCUT2D eigenvalue weighted by molar-refractivity contribution is -0.142. The summed E-state index contributed by atoms with van der Waals surface area (Å²) in [6, 6.07) is 0. The molecule has 0 amide bonds. The van der Waals surface area contributed by atoms with Gasteiger partial charge in [-0.15, -0.1) is 11.3 Å². The number of carboxylic acid groups (broad SMARTS) is 1. The standard InChI is InChI=1S/C13H20N2O2S/c1-13(2,12(16)17)10-8-18-11(14-10)9-4-6-15(3)7-5-9/h8-9H,4-7H2,1-3H3,(H,16,17). The second-order valence-electron chi connectivity index (χ2n) is 5.58. The summed E-state index contributed by atoms with van der Waals surface area (Å²) in [7, 11) is 2.14. The lowest BCUT2D eigenvalue weighted by Crippen LogP contribution is -2.30. The number of aliphatic carboxylic acids is 1. The zero-order valence-corrected chi connectivity index (χ0v) is 12.0. The van der Waals surface area contributed by atoms with Crippen LogP contribution in [0.4, 0.5) is 0 Å². The fourth-order valence-corrected chi connectivity index (χ4v) is 3.29. The maximum Gasteiger partial charge on any atom is 0.315 e. The number of piperidine rings is 1. The number of hydrogen-bond donors (Lipinski definition) is 1. The van der Waals surface area contributed by atoms with E-state index in [0.717, 1.165) is 30.9 Å². The first-order valence-corrected chi connectivity index (χ1v) is 7.17. The van der Waals surface area contributed by atoms with Gasteiger partial charge in [-0.25, -0.2) is 4.98 Å². The van der Waals surface area contributed by atoms with Gasteiger partial charge < -0.3 is 10.0 Å². The Morgan fingerprint density at radius 2 is 2.11 bits per heavy atom. The van der Waals surface area contributed by atoms with Gasteiger partial charge in [0.2, 0.25) is 0 Å². The van der Waals surface area contributed by atoms with Gasteiger partial charge in [0.25, 0.3) is 0 Å². The monoisotopic (exact) mass is 268 g/mol. The van der Waals surface area contributed by atoms with Crippen molar-refractivity contribution in [2.24, 2.45) is 0 Å². The third kappa shape index (κ3) is 2.57. The molecule has 100 valence electrons. The molecule has 0 radical (unpaired) electrons. The van der Waals surface area contributed by atoms with Crippen LogP contribution in [0.5, 0.6) is 0 Å². The molecule has 1 aliphatic rings. The number of likely N-dealkylation sites (tertiary alicyclic amines) is 1. The Bertz CT molecular complexity index is 434. The minimum Gasteiger partial charge on any atom is -0.481 e. The number of hydrogen-bond acceptors (Lipinski definition) is 4. The summed E-state index contributed by atoms with van der Waals surface area (Å²) >= 11 is 1.61. The van der Waals surface area contributed by atoms with Crippen molar-refractivity contribution in [1.82, 2.24) is 9.88 Å². The zero-order valence-electron chi connectivity index (χ0n) is 11.1. The van der Waals surface area contributed by atoms with E-state index in [2.05, 4.69) is 16.9 Å². The molecule has 0 spiro atoms. The lowest BCUT2D eigenvalue weighted by atomic mass is 9.90. The summed E-state index contributed by atoms with van der Waals surface area (Å²) in [5.41, 5.74) is -0.200. The van der Waals surface area contributed by atoms with E-state index in [-0.39, 0.29) is 0 Å². The fourth-order valence-electron chi connectivity index (χ4n) is 2.13. The Kier molecular flexibility index (Phi) is 3.73. The normalized spacial score (nSPS) is 19.1. The Morgan fingerprint density at radius 1 is 1.50 bits per heavy atom. The molecule has 5 heteroatoms. The van der Waals surface area contributed by atoms with Crippen LogP contribution in [0.2, 0.25) is 0 Å². The van der Waals surface area contributed by atoms with E-state index in [0.29, 0.717) is 11.6 Å². The Balaban J connectivity index is 2.13. The highest BCUT2D eigenvalue weighted by Crippen LogP contribution is 2.33. The minimum atomic E-state index is -0.889. The molecule has 1 saturated heterocycles. The van der Waals surface area contributed by atoms with Crippen LogP contribution in [-0.2, 0) is 10.2 Å². The van der Waals surface area contributed by atoms with Gasteiger partial charge in [0.1, 0.15) is 5.41 Å². The summed E-state index contributed by atoms with van der Waals surface area (Å²) in [6.07, 6.45) is 2.24. The summed E-state index contributed by atoms with van der Waals surface area (Å²) in [5, 5.41) is 12.2. The SMILES string of the molecule is CN1CCC(c2nc(C(C)(C)C(=O)O)cs2)CC1. The van der Waals surface area contributed by atoms with Crippen LogP contribution in [0.1, 0.15) is 43.3 Å². The largest absolute Gasteiger partial charge is 0.481 e. The van der Waals surface area contributed by atoms with E-state index in [1.165, 1.54) is 0 Å². The van der Waals surface area contributed by atoms with Crippen LogP contribution in [0.15, 0.2) is 5.38 Å². The van der Waals surface area contributed by atoms with Crippen molar-refractivity contribution in [2.75, 3.05) is 20.1 Å². The van der Waals surface area contributed by atoms with Crippen molar-refractivity contribution in [1.29, 1.82) is 0 Å². The van der Waals surface area contributed by atoms with E-state index in [4.69, 9.17) is 0 Å². The summed E-state index contributed by atoms with van der Waals surface area (Å²) in [4.78, 5) is 18.1. The van der Waals surface area contributed by atoms with Gasteiger partial charge in [0.15, 0.2) is 0 Å². The predicted molar refractivity (Wildman–Crippen MR) is 72.2 cm³/mol. The van der Waals surface area contributed by atoms with Gasteiger partial charge in [-0.2, -0.15) is 0 Å². The number of thiazole rings is 1. The molecule has 0 bridgehead atoms. The lowest BCUT2D eigenvalue weighted by Gasteiger charge is -2.27. The third-order valence-electron chi connectivity index (χ3n) is 3.76. The number of rotatable bonds is 3. The molecule has 0 saturated carbocycles. The van der Waals surface area contributed by atoms with Gasteiger partial charge >= 0.3 is 5.97 Å². The summed E-state index contributed by atoms with van der Waals surface area (Å²) < 4.78 is 0. The van der Waals surface area contributed by atoms with E-state index >= 15 is 0 Å². The molecule has 1 aromatic rings. The highest BCUT2D eigenvalue weighted by atomic mass is 32.1. The number of aromatic nitrogens is 1. The van der Waals surface area contributed by atoms with E-state index < -0.39 is 11.4 Å². The van der Waals surface area contributed by atoms with Crippen LogP contribution in [-0.4, -0.2) is 41.1 Å². The molecule has 0 atom stereocenters. The molecular formula is C13H20N2O2S. The van der Waals surface area contributed by atoms with Crippen molar-refractivity contribution < 1.29 is 9.90 Å². The molecule has 2 rings (SSSR count). The molecule has 0 aromatic carbocycles. The molecule has 1 fully saturated rings. The molecule has 1 aliphatic heterocycles. The quantitative estimate of drug-likeness (QED) is 0.914. The molecule has 1 aromatic heterocycles. The first-order valence-electron chi connectivity index (χ1n) is 6.29. The number of nitrogens with zero attached hydrogens (tertiary/aromatic N) is 2. The van der Waals surface area contributed by atoms with Crippen molar-refractivity contribution in [2.45, 2.75) is 38.0 Å². The number of carbonyl (C=O) groups is 1. The zero-order chi connectivity index (χ0) is 13.3. The highest BCUT2D eigenvalue weighted by Gasteiger charge is 2.33. The Hall–Kier alpha value is -0.940. The maximum absolute atomic E-state index is 11.2. The van der Waals surface area contributed by atoms with E-state index in [9.17, 15) is 9.90 Å². The first-order chi connectivity index (χ1) is 8.41. The smallest absolute Gasteiger partial charge is 0.315 e. The van der Waals surface area contributed by atoms with Gasteiger partial charge in [-0.3, -0.25) is 4.79 Å². The molecule has 4 nitrogen and oxygen atoms in total. The van der Waals surface area contributed by atoms with E-state index in [1.807, 2.05) is 5.38 Å². The summed E-state index contributed by atoms with van der Waals surface area (Å²) in [5.74, 6) is -0.313. The van der Waals surface area contributed by atoms with Crippen molar-refractivity contribution >= 4 is 17.3 Å². The Labute approximate surface area is 112 Å².